The zero-order valence-electron chi connectivity index (χ0n) is 13.1. The number of carbonyl (C=O) groups excluding carboxylic acids is 1. The highest BCUT2D eigenvalue weighted by Crippen LogP contribution is 2.42. The Morgan fingerprint density at radius 2 is 2.09 bits per heavy atom. The SMILES string of the molecule is C#C[C@]1(C)CCCN1C(=O)CC1(c2nn[nH]n2)CCCCC1. The lowest BCUT2D eigenvalue weighted by Crippen LogP contribution is -2.47. The van der Waals surface area contributed by atoms with Gasteiger partial charge < -0.3 is 4.90 Å². The van der Waals surface area contributed by atoms with E-state index in [1.54, 1.807) is 0 Å². The van der Waals surface area contributed by atoms with Gasteiger partial charge in [0.25, 0.3) is 0 Å². The predicted molar refractivity (Wildman–Crippen MR) is 81.7 cm³/mol. The third-order valence-corrected chi connectivity index (χ3v) is 5.37. The maximum absolute atomic E-state index is 12.9. The van der Waals surface area contributed by atoms with Crippen molar-refractivity contribution in [3.05, 3.63) is 5.82 Å². The van der Waals surface area contributed by atoms with Crippen LogP contribution >= 0.6 is 0 Å². The number of nitrogens with zero attached hydrogens (tertiary/aromatic N) is 4. The molecule has 0 bridgehead atoms. The number of hydrogen-bond acceptors (Lipinski definition) is 4. The van der Waals surface area contributed by atoms with E-state index in [0.29, 0.717) is 12.2 Å². The van der Waals surface area contributed by atoms with Gasteiger partial charge in [0.05, 0.1) is 0 Å². The maximum Gasteiger partial charge on any atom is 0.224 e. The first-order valence-corrected chi connectivity index (χ1v) is 8.12. The molecule has 2 heterocycles. The Balaban J connectivity index is 1.82. The number of aromatic amines is 1. The Bertz CT molecular complexity index is 570. The van der Waals surface area contributed by atoms with E-state index in [9.17, 15) is 4.79 Å². The van der Waals surface area contributed by atoms with Crippen LogP contribution in [0.3, 0.4) is 0 Å². The minimum absolute atomic E-state index is 0.129. The van der Waals surface area contributed by atoms with Gasteiger partial charge in [-0.25, -0.2) is 0 Å². The molecule has 1 atom stereocenters. The number of hydrogen-bond donors (Lipinski definition) is 1. The third-order valence-electron chi connectivity index (χ3n) is 5.37. The molecular formula is C16H23N5O. The monoisotopic (exact) mass is 301 g/mol. The number of likely N-dealkylation sites (tertiary alicyclic amines) is 1. The highest BCUT2D eigenvalue weighted by atomic mass is 16.2. The van der Waals surface area contributed by atoms with Crippen molar-refractivity contribution in [1.29, 1.82) is 0 Å². The standard InChI is InChI=1S/C16H23N5O/c1-3-15(2)8-7-11-21(15)13(22)12-16(9-5-4-6-10-16)14-17-19-20-18-14/h1H,4-12H2,2H3,(H,17,18,19,20)/t15-/m1/s1. The first-order valence-electron chi connectivity index (χ1n) is 8.12. The average Bonchev–Trinajstić information content (AvgIpc) is 3.18. The highest BCUT2D eigenvalue weighted by molar-refractivity contribution is 5.79. The summed E-state index contributed by atoms with van der Waals surface area (Å²) in [6.45, 7) is 2.74. The molecule has 1 aromatic rings. The van der Waals surface area contributed by atoms with Crippen molar-refractivity contribution >= 4 is 5.91 Å². The summed E-state index contributed by atoms with van der Waals surface area (Å²) in [5.41, 5.74) is -0.718. The molecule has 1 amide bonds. The van der Waals surface area contributed by atoms with Crippen LogP contribution in [0.4, 0.5) is 0 Å². The fourth-order valence-corrected chi connectivity index (χ4v) is 3.99. The Hall–Kier alpha value is -1.90. The summed E-state index contributed by atoms with van der Waals surface area (Å²) in [5, 5.41) is 14.6. The fraction of sp³-hybridized carbons (Fsp3) is 0.750. The molecule has 1 N–H and O–H groups in total. The minimum atomic E-state index is -0.440. The minimum Gasteiger partial charge on any atom is -0.326 e. The van der Waals surface area contributed by atoms with E-state index in [1.807, 2.05) is 11.8 Å². The van der Waals surface area contributed by atoms with Gasteiger partial charge in [0, 0.05) is 18.4 Å². The van der Waals surface area contributed by atoms with E-state index >= 15 is 0 Å². The molecule has 0 spiro atoms. The molecule has 1 aliphatic heterocycles. The molecule has 0 radical (unpaired) electrons. The van der Waals surface area contributed by atoms with Gasteiger partial charge in [-0.1, -0.05) is 30.4 Å². The van der Waals surface area contributed by atoms with E-state index in [0.717, 1.165) is 45.1 Å². The Kier molecular flexibility index (Phi) is 3.90. The molecule has 2 aliphatic rings. The van der Waals surface area contributed by atoms with Crippen LogP contribution in [0, 0.1) is 12.3 Å². The Labute approximate surface area is 131 Å². The molecule has 1 saturated carbocycles. The molecule has 22 heavy (non-hydrogen) atoms. The largest absolute Gasteiger partial charge is 0.326 e. The second-order valence-electron chi connectivity index (χ2n) is 6.82. The zero-order valence-corrected chi connectivity index (χ0v) is 13.1. The van der Waals surface area contributed by atoms with Crippen LogP contribution in [0.2, 0.25) is 0 Å². The van der Waals surface area contributed by atoms with Gasteiger partial charge in [-0.3, -0.25) is 4.79 Å². The van der Waals surface area contributed by atoms with Crippen molar-refractivity contribution in [3.63, 3.8) is 0 Å². The van der Waals surface area contributed by atoms with Gasteiger partial charge in [-0.15, -0.1) is 16.6 Å². The number of aromatic nitrogens is 4. The van der Waals surface area contributed by atoms with Crippen molar-refractivity contribution < 1.29 is 4.79 Å². The van der Waals surface area contributed by atoms with Crippen LogP contribution in [0.5, 0.6) is 0 Å². The van der Waals surface area contributed by atoms with Crippen molar-refractivity contribution in [2.75, 3.05) is 6.54 Å². The first kappa shape index (κ1) is 15.0. The number of rotatable bonds is 3. The quantitative estimate of drug-likeness (QED) is 0.864. The molecule has 0 unspecified atom stereocenters. The normalized spacial score (nSPS) is 27.5. The molecule has 2 fully saturated rings. The smallest absolute Gasteiger partial charge is 0.224 e. The predicted octanol–water partition coefficient (Wildman–Crippen LogP) is 1.81. The van der Waals surface area contributed by atoms with Gasteiger partial charge in [-0.2, -0.15) is 5.21 Å². The second-order valence-corrected chi connectivity index (χ2v) is 6.82. The highest BCUT2D eigenvalue weighted by Gasteiger charge is 2.44. The summed E-state index contributed by atoms with van der Waals surface area (Å²) in [5.74, 6) is 3.62. The van der Waals surface area contributed by atoms with Crippen LogP contribution in [0.15, 0.2) is 0 Å². The van der Waals surface area contributed by atoms with Crippen molar-refractivity contribution in [1.82, 2.24) is 25.5 Å². The third kappa shape index (κ3) is 2.49. The first-order chi connectivity index (χ1) is 10.6. The van der Waals surface area contributed by atoms with Gasteiger partial charge in [0.2, 0.25) is 5.91 Å². The number of tetrazole rings is 1. The molecular weight excluding hydrogens is 278 g/mol. The van der Waals surface area contributed by atoms with Gasteiger partial charge >= 0.3 is 0 Å². The summed E-state index contributed by atoms with van der Waals surface area (Å²) in [6.07, 6.45) is 13.3. The van der Waals surface area contributed by atoms with Gasteiger partial charge in [0.15, 0.2) is 5.82 Å². The lowest BCUT2D eigenvalue weighted by molar-refractivity contribution is -0.135. The van der Waals surface area contributed by atoms with Crippen molar-refractivity contribution in [2.24, 2.45) is 0 Å². The maximum atomic E-state index is 12.9. The summed E-state index contributed by atoms with van der Waals surface area (Å²) in [6, 6.07) is 0. The second kappa shape index (κ2) is 5.71. The average molecular weight is 301 g/mol. The van der Waals surface area contributed by atoms with Gasteiger partial charge in [-0.05, 0) is 32.6 Å². The molecule has 1 saturated heterocycles. The van der Waals surface area contributed by atoms with E-state index < -0.39 is 5.54 Å². The molecule has 1 aromatic heterocycles. The van der Waals surface area contributed by atoms with E-state index in [4.69, 9.17) is 6.42 Å². The van der Waals surface area contributed by atoms with Crippen LogP contribution in [0.25, 0.3) is 0 Å². The molecule has 118 valence electrons. The van der Waals surface area contributed by atoms with E-state index in [1.165, 1.54) is 6.42 Å². The topological polar surface area (TPSA) is 74.8 Å². The number of carbonyl (C=O) groups is 1. The lowest BCUT2D eigenvalue weighted by atomic mass is 9.71. The molecule has 6 heteroatoms. The lowest BCUT2D eigenvalue weighted by Gasteiger charge is -2.37. The van der Waals surface area contributed by atoms with Gasteiger partial charge in [0.1, 0.15) is 5.54 Å². The molecule has 1 aliphatic carbocycles. The van der Waals surface area contributed by atoms with Crippen molar-refractivity contribution in [3.8, 4) is 12.3 Å². The number of H-pyrrole nitrogens is 1. The van der Waals surface area contributed by atoms with E-state index in [-0.39, 0.29) is 11.3 Å². The number of terminal acetylenes is 1. The summed E-state index contributed by atoms with van der Waals surface area (Å²) in [4.78, 5) is 14.8. The number of amides is 1. The van der Waals surface area contributed by atoms with Crippen LogP contribution in [-0.4, -0.2) is 43.5 Å². The molecule has 3 rings (SSSR count). The van der Waals surface area contributed by atoms with E-state index in [2.05, 4.69) is 26.5 Å². The summed E-state index contributed by atoms with van der Waals surface area (Å²) in [7, 11) is 0. The number of nitrogens with one attached hydrogen (secondary N) is 1. The summed E-state index contributed by atoms with van der Waals surface area (Å²) >= 11 is 0. The van der Waals surface area contributed by atoms with Crippen LogP contribution in [0.1, 0.15) is 64.1 Å². The fourth-order valence-electron chi connectivity index (χ4n) is 3.99. The van der Waals surface area contributed by atoms with Crippen LogP contribution in [-0.2, 0) is 10.2 Å². The van der Waals surface area contributed by atoms with Crippen LogP contribution < -0.4 is 0 Å². The Morgan fingerprint density at radius 1 is 1.32 bits per heavy atom. The molecule has 0 aromatic carbocycles. The summed E-state index contributed by atoms with van der Waals surface area (Å²) < 4.78 is 0. The Morgan fingerprint density at radius 3 is 2.73 bits per heavy atom. The molecule has 6 nitrogen and oxygen atoms in total. The zero-order chi connectivity index (χ0) is 15.6. The van der Waals surface area contributed by atoms with Crippen molar-refractivity contribution in [2.45, 2.75) is 69.2 Å².